The van der Waals surface area contributed by atoms with Gasteiger partial charge in [0.15, 0.2) is 0 Å². The van der Waals surface area contributed by atoms with Crippen LogP contribution in [-0.2, 0) is 22.9 Å². The third-order valence-electron chi connectivity index (χ3n) is 7.01. The van der Waals surface area contributed by atoms with Gasteiger partial charge in [0, 0.05) is 42.3 Å². The SMILES string of the molecule is C[C@H]1CCc2c(sc(NC(=O)c3cccc(S(=O)(=O)N4CCN(c5ccc(F)cc5)CC4)c3)c2C#N)C1. The molecule has 0 unspecified atom stereocenters. The predicted molar refractivity (Wildman–Crippen MR) is 142 cm³/mol. The molecule has 5 rings (SSSR count). The van der Waals surface area contributed by atoms with Gasteiger partial charge in [0.05, 0.1) is 10.5 Å². The molecule has 1 aromatic heterocycles. The number of anilines is 2. The smallest absolute Gasteiger partial charge is 0.256 e. The summed E-state index contributed by atoms with van der Waals surface area (Å²) in [6, 6.07) is 14.4. The second-order valence-corrected chi connectivity index (χ2v) is 12.6. The Labute approximate surface area is 220 Å². The summed E-state index contributed by atoms with van der Waals surface area (Å²) >= 11 is 1.44. The first-order valence-electron chi connectivity index (χ1n) is 12.2. The van der Waals surface area contributed by atoms with Crippen molar-refractivity contribution in [1.82, 2.24) is 4.31 Å². The van der Waals surface area contributed by atoms with Gasteiger partial charge in [-0.1, -0.05) is 13.0 Å². The molecule has 2 heterocycles. The summed E-state index contributed by atoms with van der Waals surface area (Å²) in [7, 11) is -3.81. The minimum Gasteiger partial charge on any atom is -0.369 e. The number of rotatable bonds is 5. The summed E-state index contributed by atoms with van der Waals surface area (Å²) < 4.78 is 41.4. The topological polar surface area (TPSA) is 93.5 Å². The van der Waals surface area contributed by atoms with Crippen LogP contribution in [0.3, 0.4) is 0 Å². The van der Waals surface area contributed by atoms with Gasteiger partial charge in [0.25, 0.3) is 5.91 Å². The van der Waals surface area contributed by atoms with Crippen LogP contribution >= 0.6 is 11.3 Å². The van der Waals surface area contributed by atoms with Crippen molar-refractivity contribution in [3.05, 3.63) is 75.9 Å². The molecule has 1 amide bonds. The molecule has 0 radical (unpaired) electrons. The largest absolute Gasteiger partial charge is 0.369 e. The highest BCUT2D eigenvalue weighted by Crippen LogP contribution is 2.39. The van der Waals surface area contributed by atoms with Gasteiger partial charge in [0.2, 0.25) is 10.0 Å². The van der Waals surface area contributed by atoms with Crippen LogP contribution in [-0.4, -0.2) is 44.8 Å². The van der Waals surface area contributed by atoms with E-state index in [9.17, 15) is 22.9 Å². The standard InChI is InChI=1S/C27H27FN4O3S2/c1-18-5-10-23-24(17-29)27(36-25(23)15-18)30-26(33)19-3-2-4-22(16-19)37(34,35)32-13-11-31(12-14-32)21-8-6-20(28)7-9-21/h2-4,6-9,16,18H,5,10-15H2,1H3,(H,30,33)/t18-/m0/s1. The molecule has 1 aliphatic carbocycles. The maximum atomic E-state index is 13.4. The van der Waals surface area contributed by atoms with Gasteiger partial charge in [0.1, 0.15) is 16.9 Å². The quantitative estimate of drug-likeness (QED) is 0.511. The lowest BCUT2D eigenvalue weighted by Gasteiger charge is -2.35. The van der Waals surface area contributed by atoms with Crippen LogP contribution in [0.5, 0.6) is 0 Å². The van der Waals surface area contributed by atoms with E-state index in [1.54, 1.807) is 24.3 Å². The number of thiophene rings is 1. The second kappa shape index (κ2) is 10.2. The maximum absolute atomic E-state index is 13.4. The molecular formula is C27H27FN4O3S2. The van der Waals surface area contributed by atoms with E-state index in [2.05, 4.69) is 18.3 Å². The summed E-state index contributed by atoms with van der Waals surface area (Å²) in [4.78, 5) is 16.3. The van der Waals surface area contributed by atoms with Crippen LogP contribution in [0.1, 0.15) is 39.7 Å². The second-order valence-electron chi connectivity index (χ2n) is 9.52. The number of amides is 1. The van der Waals surface area contributed by atoms with Gasteiger partial charge < -0.3 is 10.2 Å². The molecule has 1 fully saturated rings. The Bertz CT molecular complexity index is 1470. The number of benzene rings is 2. The molecule has 2 aliphatic rings. The van der Waals surface area contributed by atoms with Crippen LogP contribution in [0, 0.1) is 23.1 Å². The van der Waals surface area contributed by atoms with Crippen molar-refractivity contribution in [2.45, 2.75) is 31.1 Å². The number of nitriles is 1. The Morgan fingerprint density at radius 3 is 2.57 bits per heavy atom. The molecule has 0 bridgehead atoms. The van der Waals surface area contributed by atoms with Crippen molar-refractivity contribution >= 4 is 38.0 Å². The van der Waals surface area contributed by atoms with E-state index in [0.29, 0.717) is 29.6 Å². The number of nitrogens with zero attached hydrogens (tertiary/aromatic N) is 3. The van der Waals surface area contributed by atoms with E-state index in [-0.39, 0.29) is 29.4 Å². The van der Waals surface area contributed by atoms with Gasteiger partial charge in [-0.15, -0.1) is 11.3 Å². The first-order chi connectivity index (χ1) is 17.8. The fourth-order valence-corrected chi connectivity index (χ4v) is 7.74. The third-order valence-corrected chi connectivity index (χ3v) is 10.1. The molecule has 37 heavy (non-hydrogen) atoms. The number of hydrogen-bond donors (Lipinski definition) is 1. The Morgan fingerprint density at radius 2 is 1.86 bits per heavy atom. The Hall–Kier alpha value is -3.26. The number of piperazine rings is 1. The fourth-order valence-electron chi connectivity index (χ4n) is 4.92. The normalized spacial score (nSPS) is 18.2. The van der Waals surface area contributed by atoms with Crippen molar-refractivity contribution in [3.63, 3.8) is 0 Å². The van der Waals surface area contributed by atoms with E-state index in [1.807, 2.05) is 4.90 Å². The van der Waals surface area contributed by atoms with Crippen molar-refractivity contribution in [1.29, 1.82) is 5.26 Å². The van der Waals surface area contributed by atoms with Crippen LogP contribution in [0.15, 0.2) is 53.4 Å². The lowest BCUT2D eigenvalue weighted by molar-refractivity contribution is 0.102. The van der Waals surface area contributed by atoms with E-state index in [0.717, 1.165) is 35.4 Å². The zero-order valence-corrected chi connectivity index (χ0v) is 22.0. The zero-order chi connectivity index (χ0) is 26.2. The van der Waals surface area contributed by atoms with Gasteiger partial charge in [-0.25, -0.2) is 12.8 Å². The number of halogens is 1. The minimum absolute atomic E-state index is 0.0511. The van der Waals surface area contributed by atoms with Crippen molar-refractivity contribution in [2.24, 2.45) is 5.92 Å². The summed E-state index contributed by atoms with van der Waals surface area (Å²) in [6.07, 6.45) is 2.74. The number of carbonyl (C=O) groups excluding carboxylic acids is 1. The highest BCUT2D eigenvalue weighted by atomic mass is 32.2. The van der Waals surface area contributed by atoms with Crippen molar-refractivity contribution < 1.29 is 17.6 Å². The molecule has 2 aromatic carbocycles. The highest BCUT2D eigenvalue weighted by Gasteiger charge is 2.30. The summed E-state index contributed by atoms with van der Waals surface area (Å²) in [5.74, 6) is -0.215. The molecule has 7 nitrogen and oxygen atoms in total. The number of nitrogens with one attached hydrogen (secondary N) is 1. The van der Waals surface area contributed by atoms with Crippen molar-refractivity contribution in [2.75, 3.05) is 36.4 Å². The molecule has 1 saturated heterocycles. The third kappa shape index (κ3) is 5.12. The minimum atomic E-state index is -3.81. The van der Waals surface area contributed by atoms with Crippen LogP contribution in [0.2, 0.25) is 0 Å². The van der Waals surface area contributed by atoms with Gasteiger partial charge in [-0.2, -0.15) is 9.57 Å². The molecule has 10 heteroatoms. The highest BCUT2D eigenvalue weighted by molar-refractivity contribution is 7.89. The molecular weight excluding hydrogens is 511 g/mol. The Morgan fingerprint density at radius 1 is 1.14 bits per heavy atom. The zero-order valence-electron chi connectivity index (χ0n) is 20.4. The number of fused-ring (bicyclic) bond motifs is 1. The number of sulfonamides is 1. The van der Waals surface area contributed by atoms with E-state index in [1.165, 1.54) is 39.9 Å². The average Bonchev–Trinajstić information content (AvgIpc) is 3.25. The number of hydrogen-bond acceptors (Lipinski definition) is 6. The van der Waals surface area contributed by atoms with Crippen LogP contribution in [0.25, 0.3) is 0 Å². The first kappa shape index (κ1) is 25.4. The molecule has 192 valence electrons. The first-order valence-corrected chi connectivity index (χ1v) is 14.5. The molecule has 1 atom stereocenters. The van der Waals surface area contributed by atoms with Crippen molar-refractivity contribution in [3.8, 4) is 6.07 Å². The summed E-state index contributed by atoms with van der Waals surface area (Å²) in [5, 5.41) is 13.1. The lowest BCUT2D eigenvalue weighted by atomic mass is 9.88. The van der Waals surface area contributed by atoms with Crippen LogP contribution in [0.4, 0.5) is 15.1 Å². The molecule has 0 saturated carbocycles. The van der Waals surface area contributed by atoms with E-state index in [4.69, 9.17) is 0 Å². The summed E-state index contributed by atoms with van der Waals surface area (Å²) in [5.41, 5.74) is 2.60. The fraction of sp³-hybridized carbons (Fsp3) is 0.333. The Kier molecular flexibility index (Phi) is 7.03. The predicted octanol–water partition coefficient (Wildman–Crippen LogP) is 4.65. The van der Waals surface area contributed by atoms with Gasteiger partial charge in [-0.3, -0.25) is 4.79 Å². The lowest BCUT2D eigenvalue weighted by Crippen LogP contribution is -2.48. The Balaban J connectivity index is 1.30. The number of carbonyl (C=O) groups is 1. The van der Waals surface area contributed by atoms with Gasteiger partial charge >= 0.3 is 0 Å². The monoisotopic (exact) mass is 538 g/mol. The van der Waals surface area contributed by atoms with Crippen LogP contribution < -0.4 is 10.2 Å². The molecule has 3 aromatic rings. The maximum Gasteiger partial charge on any atom is 0.256 e. The van der Waals surface area contributed by atoms with Gasteiger partial charge in [-0.05, 0) is 73.2 Å². The molecule has 0 spiro atoms. The molecule has 1 aliphatic heterocycles. The molecule has 1 N–H and O–H groups in total. The average molecular weight is 539 g/mol. The van der Waals surface area contributed by atoms with E-state index >= 15 is 0 Å². The van der Waals surface area contributed by atoms with E-state index < -0.39 is 15.9 Å². The summed E-state index contributed by atoms with van der Waals surface area (Å²) in [6.45, 7) is 3.69.